The summed E-state index contributed by atoms with van der Waals surface area (Å²) in [7, 11) is 0.433. The maximum Gasteiger partial charge on any atom is 0.260 e. The molecule has 4 rings (SSSR count). The van der Waals surface area contributed by atoms with Crippen LogP contribution in [0, 0.1) is 13.8 Å². The van der Waals surface area contributed by atoms with Gasteiger partial charge in [-0.3, -0.25) is 9.69 Å². The number of anilines is 1. The van der Waals surface area contributed by atoms with E-state index in [1.54, 1.807) is 33.5 Å². The van der Waals surface area contributed by atoms with Crippen molar-refractivity contribution < 1.29 is 13.2 Å². The van der Waals surface area contributed by atoms with Gasteiger partial charge in [-0.2, -0.15) is 4.31 Å². The molecule has 0 N–H and O–H groups in total. The van der Waals surface area contributed by atoms with Crippen LogP contribution < -0.4 is 4.90 Å². The molecule has 1 aliphatic rings. The zero-order valence-corrected chi connectivity index (χ0v) is 24.2. The molecule has 7 nitrogen and oxygen atoms in total. The van der Waals surface area contributed by atoms with Crippen molar-refractivity contribution in [2.24, 2.45) is 0 Å². The molecule has 0 spiro atoms. The van der Waals surface area contributed by atoms with Crippen LogP contribution in [0.25, 0.3) is 10.2 Å². The van der Waals surface area contributed by atoms with Crippen LogP contribution in [0.1, 0.15) is 60.5 Å². The number of piperidine rings is 1. The van der Waals surface area contributed by atoms with E-state index in [2.05, 4.69) is 24.0 Å². The lowest BCUT2D eigenvalue weighted by Gasteiger charge is -2.34. The Morgan fingerprint density at radius 2 is 1.84 bits per heavy atom. The second-order valence-corrected chi connectivity index (χ2v) is 13.1. The van der Waals surface area contributed by atoms with Crippen LogP contribution >= 0.6 is 11.3 Å². The van der Waals surface area contributed by atoms with Gasteiger partial charge in [0.1, 0.15) is 0 Å². The van der Waals surface area contributed by atoms with E-state index in [-0.39, 0.29) is 16.8 Å². The molecule has 1 saturated heterocycles. The van der Waals surface area contributed by atoms with Crippen molar-refractivity contribution in [2.45, 2.75) is 63.8 Å². The van der Waals surface area contributed by atoms with Gasteiger partial charge in [-0.25, -0.2) is 13.4 Å². The zero-order chi connectivity index (χ0) is 26.7. The number of hydrogen-bond acceptors (Lipinski definition) is 6. The van der Waals surface area contributed by atoms with Crippen LogP contribution in [0.15, 0.2) is 41.3 Å². The van der Waals surface area contributed by atoms with E-state index in [1.807, 2.05) is 27.9 Å². The second-order valence-electron chi connectivity index (χ2n) is 10.2. The first-order valence-electron chi connectivity index (χ1n) is 13.1. The van der Waals surface area contributed by atoms with Crippen molar-refractivity contribution in [3.05, 3.63) is 53.1 Å². The topological polar surface area (TPSA) is 73.8 Å². The van der Waals surface area contributed by atoms with E-state index >= 15 is 0 Å². The van der Waals surface area contributed by atoms with Gasteiger partial charge in [-0.15, -0.1) is 0 Å². The van der Waals surface area contributed by atoms with Gasteiger partial charge < -0.3 is 4.90 Å². The maximum atomic E-state index is 13.7. The number of aryl methyl sites for hydroxylation is 2. The number of hydrogen-bond donors (Lipinski definition) is 0. The van der Waals surface area contributed by atoms with Crippen molar-refractivity contribution in [1.29, 1.82) is 0 Å². The molecule has 1 amide bonds. The molecule has 1 aliphatic heterocycles. The third-order valence-corrected chi connectivity index (χ3v) is 10.2. The summed E-state index contributed by atoms with van der Waals surface area (Å²) in [4.78, 5) is 22.6. The first-order valence-corrected chi connectivity index (χ1v) is 15.3. The molecule has 200 valence electrons. The summed E-state index contributed by atoms with van der Waals surface area (Å²) in [5.41, 5.74) is 3.65. The lowest BCUT2D eigenvalue weighted by molar-refractivity contribution is 0.0986. The van der Waals surface area contributed by atoms with Gasteiger partial charge in [0.15, 0.2) is 5.13 Å². The molecule has 0 saturated carbocycles. The van der Waals surface area contributed by atoms with Gasteiger partial charge >= 0.3 is 0 Å². The van der Waals surface area contributed by atoms with Crippen LogP contribution in [-0.2, 0) is 10.0 Å². The summed E-state index contributed by atoms with van der Waals surface area (Å²) in [6.45, 7) is 8.08. The number of carbonyl (C=O) groups excluding carboxylic acids is 1. The summed E-state index contributed by atoms with van der Waals surface area (Å²) in [6.07, 6.45) is 4.45. The Labute approximate surface area is 225 Å². The van der Waals surface area contributed by atoms with Gasteiger partial charge in [0.2, 0.25) is 10.0 Å². The molecule has 2 aromatic carbocycles. The van der Waals surface area contributed by atoms with Gasteiger partial charge in [0.05, 0.1) is 15.1 Å². The van der Waals surface area contributed by atoms with E-state index in [4.69, 9.17) is 4.98 Å². The Bertz CT molecular complexity index is 1350. The molecule has 1 aromatic heterocycles. The molecule has 3 aromatic rings. The predicted molar refractivity (Wildman–Crippen MR) is 152 cm³/mol. The fraction of sp³-hybridized carbons (Fsp3) is 0.500. The zero-order valence-electron chi connectivity index (χ0n) is 22.5. The van der Waals surface area contributed by atoms with Crippen LogP contribution in [0.5, 0.6) is 0 Å². The lowest BCUT2D eigenvalue weighted by atomic mass is 10.0. The molecule has 9 heteroatoms. The molecule has 1 unspecified atom stereocenters. The quantitative estimate of drug-likeness (QED) is 0.359. The molecule has 0 radical (unpaired) electrons. The molecule has 2 heterocycles. The molecular formula is C28H38N4O3S2. The van der Waals surface area contributed by atoms with Crippen molar-refractivity contribution in [2.75, 3.05) is 38.6 Å². The summed E-state index contributed by atoms with van der Waals surface area (Å²) >= 11 is 1.53. The minimum Gasteiger partial charge on any atom is -0.309 e. The van der Waals surface area contributed by atoms with Crippen molar-refractivity contribution in [3.63, 3.8) is 0 Å². The van der Waals surface area contributed by atoms with Gasteiger partial charge in [0.25, 0.3) is 5.91 Å². The lowest BCUT2D eigenvalue weighted by Crippen LogP contribution is -2.43. The van der Waals surface area contributed by atoms with E-state index in [0.717, 1.165) is 60.0 Å². The number of sulfonamides is 1. The number of benzene rings is 2. The number of aromatic nitrogens is 1. The molecule has 0 bridgehead atoms. The van der Waals surface area contributed by atoms with Crippen molar-refractivity contribution >= 4 is 42.6 Å². The highest BCUT2D eigenvalue weighted by Crippen LogP contribution is 2.33. The molecule has 0 aliphatic carbocycles. The normalized spacial score (nSPS) is 17.0. The summed E-state index contributed by atoms with van der Waals surface area (Å²) in [5, 5.41) is 0.670. The number of amides is 1. The minimum atomic E-state index is -3.60. The second kappa shape index (κ2) is 11.6. The average Bonchev–Trinajstić information content (AvgIpc) is 3.30. The van der Waals surface area contributed by atoms with E-state index in [9.17, 15) is 13.2 Å². The van der Waals surface area contributed by atoms with Crippen LogP contribution in [0.3, 0.4) is 0 Å². The number of carbonyl (C=O) groups is 1. The Balaban J connectivity index is 1.63. The standard InChI is InChI=1S/C28H38N4O3S2/c1-6-23-10-7-8-17-32(23)37(34,35)24-13-11-22(12-14-24)27(33)31(16-9-15-30(4)5)28-29-25-19-20(2)18-21(3)26(25)36-28/h11-14,18-19,23H,6-10,15-17H2,1-5H3. The number of fused-ring (bicyclic) bond motifs is 1. The van der Waals surface area contributed by atoms with Gasteiger partial charge in [-0.05, 0) is 102 Å². The number of thiazole rings is 1. The maximum absolute atomic E-state index is 13.7. The molecule has 1 fully saturated rings. The van der Waals surface area contributed by atoms with E-state index in [0.29, 0.717) is 23.8 Å². The largest absolute Gasteiger partial charge is 0.309 e. The summed E-state index contributed by atoms with van der Waals surface area (Å²) < 4.78 is 29.5. The van der Waals surface area contributed by atoms with Crippen LogP contribution in [0.4, 0.5) is 5.13 Å². The van der Waals surface area contributed by atoms with E-state index < -0.39 is 10.0 Å². The minimum absolute atomic E-state index is 0.0402. The average molecular weight is 543 g/mol. The number of nitrogens with zero attached hydrogens (tertiary/aromatic N) is 4. The van der Waals surface area contributed by atoms with Crippen LogP contribution in [-0.4, -0.2) is 68.3 Å². The Morgan fingerprint density at radius 1 is 1.11 bits per heavy atom. The third-order valence-electron chi connectivity index (χ3n) is 7.02. The Morgan fingerprint density at radius 3 is 2.51 bits per heavy atom. The molecule has 37 heavy (non-hydrogen) atoms. The smallest absolute Gasteiger partial charge is 0.260 e. The van der Waals surface area contributed by atoms with Crippen molar-refractivity contribution in [1.82, 2.24) is 14.2 Å². The first-order chi connectivity index (χ1) is 17.6. The first kappa shape index (κ1) is 27.7. The molecular weight excluding hydrogens is 504 g/mol. The highest BCUT2D eigenvalue weighted by molar-refractivity contribution is 7.89. The SMILES string of the molecule is CCC1CCCCN1S(=O)(=O)c1ccc(C(=O)N(CCCN(C)C)c2nc3cc(C)cc(C)c3s2)cc1. The molecule has 1 atom stereocenters. The Hall–Kier alpha value is -2.33. The summed E-state index contributed by atoms with van der Waals surface area (Å²) in [5.74, 6) is -0.166. The third kappa shape index (κ3) is 6.06. The Kier molecular flexibility index (Phi) is 8.68. The fourth-order valence-corrected chi connectivity index (χ4v) is 7.88. The monoisotopic (exact) mass is 542 g/mol. The van der Waals surface area contributed by atoms with Gasteiger partial charge in [0, 0.05) is 24.7 Å². The van der Waals surface area contributed by atoms with Gasteiger partial charge in [-0.1, -0.05) is 30.7 Å². The van der Waals surface area contributed by atoms with Crippen molar-refractivity contribution in [3.8, 4) is 0 Å². The highest BCUT2D eigenvalue weighted by atomic mass is 32.2. The highest BCUT2D eigenvalue weighted by Gasteiger charge is 2.32. The fourth-order valence-electron chi connectivity index (χ4n) is 5.07. The summed E-state index contributed by atoms with van der Waals surface area (Å²) in [6, 6.07) is 10.7. The van der Waals surface area contributed by atoms with Crippen LogP contribution in [0.2, 0.25) is 0 Å². The predicted octanol–water partition coefficient (Wildman–Crippen LogP) is 5.46. The number of rotatable bonds is 9. The van der Waals surface area contributed by atoms with E-state index in [1.165, 1.54) is 11.3 Å².